The molecule has 184 valence electrons. The lowest BCUT2D eigenvalue weighted by Gasteiger charge is -2.14. The predicted octanol–water partition coefficient (Wildman–Crippen LogP) is 5.68. The Morgan fingerprint density at radius 2 is 1.64 bits per heavy atom. The highest BCUT2D eigenvalue weighted by Crippen LogP contribution is 2.37. The molecule has 0 saturated carbocycles. The molecule has 0 heterocycles. The van der Waals surface area contributed by atoms with E-state index in [1.807, 2.05) is 6.07 Å². The number of nitrogens with one attached hydrogen (secondary N) is 2. The minimum Gasteiger partial charge on any atom is -0.497 e. The lowest BCUT2D eigenvalue weighted by Crippen LogP contribution is -2.20. The monoisotopic (exact) mass is 569 g/mol. The lowest BCUT2D eigenvalue weighted by molar-refractivity contribution is -0.118. The Morgan fingerprint density at radius 1 is 1.00 bits per heavy atom. The van der Waals surface area contributed by atoms with Crippen molar-refractivity contribution in [1.29, 1.82) is 5.26 Å². The Morgan fingerprint density at radius 3 is 2.25 bits per heavy atom. The molecular formula is C26H21BrClN3O5. The minimum atomic E-state index is -0.578. The topological polar surface area (TPSA) is 110 Å². The summed E-state index contributed by atoms with van der Waals surface area (Å²) >= 11 is 9.26. The fourth-order valence-corrected chi connectivity index (χ4v) is 3.72. The second kappa shape index (κ2) is 12.6. The van der Waals surface area contributed by atoms with Gasteiger partial charge in [-0.3, -0.25) is 9.59 Å². The summed E-state index contributed by atoms with van der Waals surface area (Å²) in [5.74, 6) is 0.329. The van der Waals surface area contributed by atoms with E-state index in [0.717, 1.165) is 0 Å². The fourth-order valence-electron chi connectivity index (χ4n) is 3.02. The second-order valence-electron chi connectivity index (χ2n) is 7.23. The molecule has 2 N–H and O–H groups in total. The molecule has 3 aromatic rings. The van der Waals surface area contributed by atoms with E-state index in [9.17, 15) is 14.9 Å². The van der Waals surface area contributed by atoms with Crippen molar-refractivity contribution in [2.45, 2.75) is 0 Å². The van der Waals surface area contributed by atoms with E-state index in [-0.39, 0.29) is 18.1 Å². The third-order valence-corrected chi connectivity index (χ3v) is 5.59. The first kappa shape index (κ1) is 26.6. The number of carbonyl (C=O) groups is 2. The molecule has 2 amide bonds. The van der Waals surface area contributed by atoms with Crippen LogP contribution in [0.4, 0.5) is 11.4 Å². The molecule has 3 aromatic carbocycles. The van der Waals surface area contributed by atoms with Crippen LogP contribution in [0.3, 0.4) is 0 Å². The van der Waals surface area contributed by atoms with E-state index in [2.05, 4.69) is 26.6 Å². The Hall–Kier alpha value is -4.00. The maximum atomic E-state index is 12.5. The Kier molecular flexibility index (Phi) is 9.33. The van der Waals surface area contributed by atoms with Gasteiger partial charge in [-0.1, -0.05) is 11.6 Å². The fraction of sp³-hybridized carbons (Fsp3) is 0.115. The molecule has 0 aromatic heterocycles. The molecule has 8 nitrogen and oxygen atoms in total. The molecule has 0 atom stereocenters. The van der Waals surface area contributed by atoms with E-state index in [1.54, 1.807) is 67.8 Å². The molecule has 3 rings (SSSR count). The number of benzene rings is 3. The van der Waals surface area contributed by atoms with Gasteiger partial charge < -0.3 is 24.8 Å². The van der Waals surface area contributed by atoms with Gasteiger partial charge in [-0.15, -0.1) is 0 Å². The van der Waals surface area contributed by atoms with Gasteiger partial charge in [0.1, 0.15) is 17.4 Å². The molecule has 0 fully saturated rings. The summed E-state index contributed by atoms with van der Waals surface area (Å²) in [5.41, 5.74) is 1.49. The normalized spacial score (nSPS) is 10.7. The molecule has 0 aliphatic carbocycles. The number of hydrogen-bond donors (Lipinski definition) is 2. The van der Waals surface area contributed by atoms with Gasteiger partial charge in [-0.05, 0) is 88.2 Å². The zero-order valence-corrected chi connectivity index (χ0v) is 21.6. The molecule has 36 heavy (non-hydrogen) atoms. The predicted molar refractivity (Wildman–Crippen MR) is 141 cm³/mol. The van der Waals surface area contributed by atoms with Crippen LogP contribution in [0.1, 0.15) is 5.56 Å². The molecule has 10 heteroatoms. The highest BCUT2D eigenvalue weighted by atomic mass is 79.9. The smallest absolute Gasteiger partial charge is 0.266 e. The number of hydrogen-bond acceptors (Lipinski definition) is 6. The number of rotatable bonds is 9. The standard InChI is InChI=1S/C26H21BrClN3O5/c1-34-21-9-7-19(8-10-21)30-24(32)15-36-25-22(27)12-16(13-23(25)35-2)11-17(14-29)26(33)31-20-5-3-18(28)4-6-20/h3-13H,15H2,1-2H3,(H,30,32)(H,31,33)/b17-11-. The van der Waals surface area contributed by atoms with Crippen molar-refractivity contribution < 1.29 is 23.8 Å². The molecule has 0 aliphatic rings. The molecular weight excluding hydrogens is 550 g/mol. The van der Waals surface area contributed by atoms with Gasteiger partial charge in [0, 0.05) is 16.4 Å². The SMILES string of the molecule is COc1ccc(NC(=O)COc2c(Br)cc(/C=C(/C#N)C(=O)Nc3ccc(Cl)cc3)cc2OC)cc1. The number of amides is 2. The molecule has 0 aliphatic heterocycles. The maximum absolute atomic E-state index is 12.5. The number of nitriles is 1. The summed E-state index contributed by atoms with van der Waals surface area (Å²) in [4.78, 5) is 24.9. The van der Waals surface area contributed by atoms with Crippen LogP contribution >= 0.6 is 27.5 Å². The third-order valence-electron chi connectivity index (χ3n) is 4.75. The average molecular weight is 571 g/mol. The van der Waals surface area contributed by atoms with Crippen molar-refractivity contribution in [3.63, 3.8) is 0 Å². The zero-order chi connectivity index (χ0) is 26.1. The van der Waals surface area contributed by atoms with Crippen molar-refractivity contribution in [3.8, 4) is 23.3 Å². The van der Waals surface area contributed by atoms with Crippen LogP contribution in [-0.4, -0.2) is 32.6 Å². The third kappa shape index (κ3) is 7.25. The van der Waals surface area contributed by atoms with Crippen molar-refractivity contribution in [2.75, 3.05) is 31.5 Å². The van der Waals surface area contributed by atoms with Gasteiger partial charge in [-0.25, -0.2) is 0 Å². The van der Waals surface area contributed by atoms with Crippen LogP contribution in [0.2, 0.25) is 5.02 Å². The quantitative estimate of drug-likeness (QED) is 0.253. The lowest BCUT2D eigenvalue weighted by atomic mass is 10.1. The largest absolute Gasteiger partial charge is 0.497 e. The van der Waals surface area contributed by atoms with E-state index >= 15 is 0 Å². The van der Waals surface area contributed by atoms with Gasteiger partial charge in [0.2, 0.25) is 0 Å². The second-order valence-corrected chi connectivity index (χ2v) is 8.52. The summed E-state index contributed by atoms with van der Waals surface area (Å²) in [5, 5.41) is 15.4. The summed E-state index contributed by atoms with van der Waals surface area (Å²) in [6.07, 6.45) is 1.42. The van der Waals surface area contributed by atoms with Gasteiger partial charge in [0.15, 0.2) is 18.1 Å². The first-order chi connectivity index (χ1) is 17.3. The van der Waals surface area contributed by atoms with Crippen LogP contribution in [0.25, 0.3) is 6.08 Å². The number of ether oxygens (including phenoxy) is 3. The van der Waals surface area contributed by atoms with Gasteiger partial charge in [0.05, 0.1) is 18.7 Å². The highest BCUT2D eigenvalue weighted by molar-refractivity contribution is 9.10. The first-order valence-corrected chi connectivity index (χ1v) is 11.6. The van der Waals surface area contributed by atoms with Crippen molar-refractivity contribution in [2.24, 2.45) is 0 Å². The van der Waals surface area contributed by atoms with Gasteiger partial charge in [-0.2, -0.15) is 5.26 Å². The maximum Gasteiger partial charge on any atom is 0.266 e. The Balaban J connectivity index is 1.71. The molecule has 0 saturated heterocycles. The summed E-state index contributed by atoms with van der Waals surface area (Å²) in [6, 6.07) is 18.5. The van der Waals surface area contributed by atoms with Crippen LogP contribution in [0, 0.1) is 11.3 Å². The number of carbonyl (C=O) groups excluding carboxylic acids is 2. The number of nitrogens with zero attached hydrogens (tertiary/aromatic N) is 1. The Labute approximate surface area is 221 Å². The van der Waals surface area contributed by atoms with Crippen molar-refractivity contribution in [3.05, 3.63) is 81.3 Å². The van der Waals surface area contributed by atoms with Crippen molar-refractivity contribution in [1.82, 2.24) is 0 Å². The van der Waals surface area contributed by atoms with Gasteiger partial charge in [0.25, 0.3) is 11.8 Å². The van der Waals surface area contributed by atoms with Crippen LogP contribution in [0.5, 0.6) is 17.2 Å². The first-order valence-electron chi connectivity index (χ1n) is 10.5. The average Bonchev–Trinajstić information content (AvgIpc) is 2.88. The van der Waals surface area contributed by atoms with E-state index in [0.29, 0.717) is 43.7 Å². The van der Waals surface area contributed by atoms with Crippen LogP contribution < -0.4 is 24.8 Å². The molecule has 0 spiro atoms. The minimum absolute atomic E-state index is 0.119. The summed E-state index contributed by atoms with van der Waals surface area (Å²) in [6.45, 7) is -0.275. The number of halogens is 2. The molecule has 0 radical (unpaired) electrons. The Bertz CT molecular complexity index is 1320. The molecule has 0 bridgehead atoms. The van der Waals surface area contributed by atoms with E-state index in [1.165, 1.54) is 13.2 Å². The number of anilines is 2. The highest BCUT2D eigenvalue weighted by Gasteiger charge is 2.15. The van der Waals surface area contributed by atoms with Gasteiger partial charge >= 0.3 is 0 Å². The zero-order valence-electron chi connectivity index (χ0n) is 19.3. The number of methoxy groups -OCH3 is 2. The van der Waals surface area contributed by atoms with E-state index < -0.39 is 5.91 Å². The van der Waals surface area contributed by atoms with Crippen molar-refractivity contribution >= 4 is 56.8 Å². The van der Waals surface area contributed by atoms with Crippen LogP contribution in [-0.2, 0) is 9.59 Å². The van der Waals surface area contributed by atoms with E-state index in [4.69, 9.17) is 25.8 Å². The molecule has 0 unspecified atom stereocenters. The summed E-state index contributed by atoms with van der Waals surface area (Å²) in [7, 11) is 3.00. The van der Waals surface area contributed by atoms with Crippen LogP contribution in [0.15, 0.2) is 70.7 Å². The summed E-state index contributed by atoms with van der Waals surface area (Å²) < 4.78 is 16.6.